The van der Waals surface area contributed by atoms with Crippen molar-refractivity contribution in [2.45, 2.75) is 77.0 Å². The molecule has 2 aliphatic heterocycles. The topological polar surface area (TPSA) is 30.9 Å². The Hall–Kier alpha value is -0.920. The maximum Gasteiger partial charge on any atom is 0.247 e. The minimum absolute atomic E-state index is 0.0276. The molecule has 0 bridgehead atoms. The molecule has 0 spiro atoms. The number of hydrogen-bond acceptors (Lipinski definition) is 4. The van der Waals surface area contributed by atoms with E-state index in [4.69, 9.17) is 14.2 Å². The number of benzene rings is 1. The van der Waals surface area contributed by atoms with Gasteiger partial charge in [-0.1, -0.05) is 0 Å². The van der Waals surface area contributed by atoms with Crippen molar-refractivity contribution in [1.29, 1.82) is 0 Å². The van der Waals surface area contributed by atoms with Gasteiger partial charge in [0, 0.05) is 19.1 Å². The van der Waals surface area contributed by atoms with Gasteiger partial charge in [0.25, 0.3) is 0 Å². The van der Waals surface area contributed by atoms with Gasteiger partial charge in [-0.3, -0.25) is 4.90 Å². The van der Waals surface area contributed by atoms with E-state index in [0.717, 1.165) is 36.8 Å². The highest BCUT2D eigenvalue weighted by molar-refractivity contribution is 9.10. The predicted octanol–water partition coefficient (Wildman–Crippen LogP) is 5.76. The van der Waals surface area contributed by atoms with Gasteiger partial charge in [-0.05, 0) is 86.0 Å². The van der Waals surface area contributed by atoms with Gasteiger partial charge in [-0.2, -0.15) is 0 Å². The predicted molar refractivity (Wildman–Crippen MR) is 116 cm³/mol. The van der Waals surface area contributed by atoms with Crippen LogP contribution in [0.25, 0.3) is 0 Å². The van der Waals surface area contributed by atoms with E-state index in [0.29, 0.717) is 30.4 Å². The Morgan fingerprint density at radius 1 is 1.27 bits per heavy atom. The van der Waals surface area contributed by atoms with Crippen LogP contribution in [-0.4, -0.2) is 49.8 Å². The molecule has 4 rings (SSSR count). The first-order valence-electron chi connectivity index (χ1n) is 10.9. The van der Waals surface area contributed by atoms with Crippen molar-refractivity contribution in [2.75, 3.05) is 26.8 Å². The van der Waals surface area contributed by atoms with E-state index in [1.54, 1.807) is 7.11 Å². The Kier molecular flexibility index (Phi) is 6.10. The Morgan fingerprint density at radius 3 is 2.60 bits per heavy atom. The molecule has 0 radical (unpaired) electrons. The molecule has 168 valence electrons. The fourth-order valence-electron chi connectivity index (χ4n) is 4.76. The van der Waals surface area contributed by atoms with Crippen molar-refractivity contribution in [2.24, 2.45) is 5.41 Å². The number of ether oxygens (including phenoxy) is 3. The first-order valence-corrected chi connectivity index (χ1v) is 11.6. The SMILES string of the molecule is COc1cc2c(c(Br)c1OCC1(C(F)F)CC1)CCN1CC(OC(C)(C)C)CCC21. The second-order valence-corrected chi connectivity index (χ2v) is 10.7. The molecule has 1 aliphatic carbocycles. The van der Waals surface area contributed by atoms with Gasteiger partial charge in [-0.25, -0.2) is 8.78 Å². The van der Waals surface area contributed by atoms with Crippen LogP contribution in [0.3, 0.4) is 0 Å². The Labute approximate surface area is 186 Å². The minimum atomic E-state index is -2.35. The van der Waals surface area contributed by atoms with Crippen molar-refractivity contribution in [3.05, 3.63) is 21.7 Å². The standard InChI is InChI=1S/C23H32BrF2NO3/c1-22(2,3)30-14-5-6-17-16-11-18(28-4)20(29-13-23(8-9-23)21(25)26)19(24)15(16)7-10-27(17)12-14/h11,14,17,21H,5-10,12-13H2,1-4H3. The number of hydrogen-bond donors (Lipinski definition) is 0. The van der Waals surface area contributed by atoms with Gasteiger partial charge in [0.05, 0.1) is 35.3 Å². The molecule has 1 saturated carbocycles. The van der Waals surface area contributed by atoms with Gasteiger partial charge in [0.15, 0.2) is 11.5 Å². The molecular formula is C23H32BrF2NO3. The average molecular weight is 488 g/mol. The largest absolute Gasteiger partial charge is 0.493 e. The van der Waals surface area contributed by atoms with Gasteiger partial charge in [0.1, 0.15) is 0 Å². The van der Waals surface area contributed by atoms with Crippen LogP contribution >= 0.6 is 15.9 Å². The lowest BCUT2D eigenvalue weighted by atomic mass is 9.85. The zero-order valence-corrected chi connectivity index (χ0v) is 19.9. The maximum absolute atomic E-state index is 13.3. The molecule has 0 N–H and O–H groups in total. The number of alkyl halides is 2. The molecule has 1 aromatic rings. The zero-order chi connectivity index (χ0) is 21.7. The van der Waals surface area contributed by atoms with E-state index in [1.807, 2.05) is 0 Å². The number of rotatable bonds is 6. The highest BCUT2D eigenvalue weighted by atomic mass is 79.9. The van der Waals surface area contributed by atoms with Crippen LogP contribution in [0.15, 0.2) is 10.5 Å². The zero-order valence-electron chi connectivity index (χ0n) is 18.3. The third-order valence-corrected chi connectivity index (χ3v) is 7.41. The number of piperidine rings is 1. The van der Waals surface area contributed by atoms with E-state index in [1.165, 1.54) is 11.1 Å². The number of fused-ring (bicyclic) bond motifs is 3. The van der Waals surface area contributed by atoms with Gasteiger partial charge >= 0.3 is 0 Å². The third-order valence-electron chi connectivity index (χ3n) is 6.57. The lowest BCUT2D eigenvalue weighted by molar-refractivity contribution is -0.0972. The van der Waals surface area contributed by atoms with E-state index >= 15 is 0 Å². The summed E-state index contributed by atoms with van der Waals surface area (Å²) in [6.07, 6.45) is 1.87. The number of methoxy groups -OCH3 is 1. The van der Waals surface area contributed by atoms with Crippen molar-refractivity contribution >= 4 is 15.9 Å². The van der Waals surface area contributed by atoms with Gasteiger partial charge in [0.2, 0.25) is 6.43 Å². The van der Waals surface area contributed by atoms with Crippen LogP contribution in [0, 0.1) is 5.41 Å². The van der Waals surface area contributed by atoms with Crippen molar-refractivity contribution in [3.63, 3.8) is 0 Å². The van der Waals surface area contributed by atoms with Gasteiger partial charge in [-0.15, -0.1) is 0 Å². The third kappa shape index (κ3) is 4.35. The van der Waals surface area contributed by atoms with Crippen LogP contribution in [0.2, 0.25) is 0 Å². The summed E-state index contributed by atoms with van der Waals surface area (Å²) in [4.78, 5) is 2.50. The molecule has 30 heavy (non-hydrogen) atoms. The second kappa shape index (κ2) is 8.21. The molecule has 2 unspecified atom stereocenters. The van der Waals surface area contributed by atoms with E-state index in [2.05, 4.69) is 47.7 Å². The molecule has 2 atom stereocenters. The highest BCUT2D eigenvalue weighted by Gasteiger charge is 2.52. The number of nitrogens with zero attached hydrogens (tertiary/aromatic N) is 1. The molecule has 1 aromatic carbocycles. The smallest absolute Gasteiger partial charge is 0.247 e. The summed E-state index contributed by atoms with van der Waals surface area (Å²) in [5.74, 6) is 1.17. The summed E-state index contributed by atoms with van der Waals surface area (Å²) < 4.78 is 45.3. The molecule has 2 heterocycles. The fraction of sp³-hybridized carbons (Fsp3) is 0.739. The Bertz CT molecular complexity index is 792. The molecule has 3 aliphatic rings. The van der Waals surface area contributed by atoms with Crippen LogP contribution in [0.1, 0.15) is 63.6 Å². The lowest BCUT2D eigenvalue weighted by Crippen LogP contribution is -2.47. The molecule has 1 saturated heterocycles. The van der Waals surface area contributed by atoms with E-state index in [9.17, 15) is 8.78 Å². The monoisotopic (exact) mass is 487 g/mol. The summed E-state index contributed by atoms with van der Waals surface area (Å²) >= 11 is 3.72. The molecule has 0 amide bonds. The summed E-state index contributed by atoms with van der Waals surface area (Å²) in [7, 11) is 1.61. The quantitative estimate of drug-likeness (QED) is 0.510. The molecule has 7 heteroatoms. The maximum atomic E-state index is 13.3. The minimum Gasteiger partial charge on any atom is -0.493 e. The summed E-state index contributed by atoms with van der Waals surface area (Å²) in [6.45, 7) is 8.22. The fourth-order valence-corrected chi connectivity index (χ4v) is 5.50. The van der Waals surface area contributed by atoms with Crippen LogP contribution in [-0.2, 0) is 11.2 Å². The molecular weight excluding hydrogens is 456 g/mol. The summed E-state index contributed by atoms with van der Waals surface area (Å²) in [6, 6.07) is 2.38. The molecule has 2 fully saturated rings. The Balaban J connectivity index is 1.55. The Morgan fingerprint density at radius 2 is 2.00 bits per heavy atom. The first-order chi connectivity index (χ1) is 14.1. The first kappa shape index (κ1) is 22.3. The van der Waals surface area contributed by atoms with E-state index in [-0.39, 0.29) is 18.3 Å². The van der Waals surface area contributed by atoms with Crippen molar-refractivity contribution < 1.29 is 23.0 Å². The number of halogens is 3. The van der Waals surface area contributed by atoms with Crippen LogP contribution in [0.4, 0.5) is 8.78 Å². The highest BCUT2D eigenvalue weighted by Crippen LogP contribution is 2.53. The molecule has 0 aromatic heterocycles. The molecule has 4 nitrogen and oxygen atoms in total. The van der Waals surface area contributed by atoms with Crippen LogP contribution < -0.4 is 9.47 Å². The normalized spacial score (nSPS) is 25.6. The average Bonchev–Trinajstić information content (AvgIpc) is 3.46. The lowest BCUT2D eigenvalue weighted by Gasteiger charge is -2.45. The van der Waals surface area contributed by atoms with Crippen molar-refractivity contribution in [3.8, 4) is 11.5 Å². The summed E-state index contributed by atoms with van der Waals surface area (Å²) in [5, 5.41) is 0. The van der Waals surface area contributed by atoms with Gasteiger partial charge < -0.3 is 14.2 Å². The van der Waals surface area contributed by atoms with E-state index < -0.39 is 11.8 Å². The van der Waals surface area contributed by atoms with Crippen LogP contribution in [0.5, 0.6) is 11.5 Å². The van der Waals surface area contributed by atoms with Crippen molar-refractivity contribution in [1.82, 2.24) is 4.90 Å². The summed E-state index contributed by atoms with van der Waals surface area (Å²) in [5.41, 5.74) is 1.34. The second-order valence-electron chi connectivity index (χ2n) is 9.93.